The Labute approximate surface area is 225 Å². The maximum absolute atomic E-state index is 18.2. The van der Waals surface area contributed by atoms with Gasteiger partial charge in [0, 0.05) is 18.1 Å². The van der Waals surface area contributed by atoms with Gasteiger partial charge in [0.25, 0.3) is 0 Å². The summed E-state index contributed by atoms with van der Waals surface area (Å²) >= 11 is 0. The number of hydrogen-bond donors (Lipinski definition) is 0. The molecule has 11 heteroatoms. The van der Waals surface area contributed by atoms with Crippen LogP contribution in [-0.2, 0) is 19.3 Å². The molecule has 0 aliphatic carbocycles. The first-order chi connectivity index (χ1) is 17.6. The van der Waals surface area contributed by atoms with Gasteiger partial charge in [-0.3, -0.25) is 28.8 Å². The van der Waals surface area contributed by atoms with E-state index in [4.69, 9.17) is 0 Å². The van der Waals surface area contributed by atoms with E-state index in [0.29, 0.717) is 16.7 Å². The molecular weight excluding hydrogens is 570 g/mol. The van der Waals surface area contributed by atoms with Crippen LogP contribution in [0, 0.1) is 0 Å². The molecular formula is C27H33F7Si4. The number of halogens is 7. The third-order valence-corrected chi connectivity index (χ3v) is 13.7. The van der Waals surface area contributed by atoms with Crippen molar-refractivity contribution in [3.8, 4) is 0 Å². The van der Waals surface area contributed by atoms with Crippen LogP contribution in [0.1, 0.15) is 16.7 Å². The third kappa shape index (κ3) is 8.27. The minimum Gasteiger partial charge on any atom is -0.296 e. The lowest BCUT2D eigenvalue weighted by Gasteiger charge is -2.31. The molecule has 3 rings (SSSR count). The second-order valence-electron chi connectivity index (χ2n) is 10.3. The standard InChI is InChI=1S/C27H33F7Si4/c1-35(28,29)19-16-22-10-4-7-13-25(22)38(34,26-14-8-5-11-23(26)17-20-36(2,30)31)27-15-9-6-12-24(27)18-21-37(3,32)33/h4-15H,16-21H2,1-3H3. The summed E-state index contributed by atoms with van der Waals surface area (Å²) < 4.78 is 102. The number of hydrogen-bond acceptors (Lipinski definition) is 0. The first-order valence-corrected chi connectivity index (χ1v) is 21.9. The summed E-state index contributed by atoms with van der Waals surface area (Å²) in [5, 5.41) is 0.831. The minimum atomic E-state index is -4.49. The molecule has 0 saturated heterocycles. The van der Waals surface area contributed by atoms with E-state index < -0.39 is 34.6 Å². The van der Waals surface area contributed by atoms with Crippen molar-refractivity contribution in [1.82, 2.24) is 0 Å². The Bertz CT molecular complexity index is 1070. The van der Waals surface area contributed by atoms with Crippen LogP contribution in [0.3, 0.4) is 0 Å². The quantitative estimate of drug-likeness (QED) is 0.0885. The zero-order valence-corrected chi connectivity index (χ0v) is 25.8. The van der Waals surface area contributed by atoms with Crippen LogP contribution in [0.4, 0.5) is 28.8 Å². The van der Waals surface area contributed by atoms with Gasteiger partial charge in [-0.15, -0.1) is 0 Å². The predicted molar refractivity (Wildman–Crippen MR) is 152 cm³/mol. The Morgan fingerprint density at radius 3 is 0.895 bits per heavy atom. The summed E-state index contributed by atoms with van der Waals surface area (Å²) in [7, 11) is -17.8. The Morgan fingerprint density at radius 2 is 0.658 bits per heavy atom. The van der Waals surface area contributed by atoms with Crippen LogP contribution in [0.15, 0.2) is 72.8 Å². The van der Waals surface area contributed by atoms with E-state index in [1.54, 1.807) is 72.8 Å². The fourth-order valence-electron chi connectivity index (χ4n) is 4.72. The zero-order valence-electron chi connectivity index (χ0n) is 21.8. The summed E-state index contributed by atoms with van der Waals surface area (Å²) in [5.74, 6) is 0. The topological polar surface area (TPSA) is 0 Å². The molecule has 0 saturated carbocycles. The fourth-order valence-corrected chi connectivity index (χ4v) is 10.6. The van der Waals surface area contributed by atoms with Crippen LogP contribution in [0.2, 0.25) is 37.8 Å². The van der Waals surface area contributed by atoms with Crippen LogP contribution in [0.5, 0.6) is 0 Å². The molecule has 3 aromatic carbocycles. The summed E-state index contributed by atoms with van der Waals surface area (Å²) in [4.78, 5) is 0. The van der Waals surface area contributed by atoms with Crippen LogP contribution in [-0.4, -0.2) is 34.6 Å². The molecule has 0 aromatic heterocycles. The molecule has 0 unspecified atom stereocenters. The van der Waals surface area contributed by atoms with Gasteiger partial charge in [-0.05, 0) is 71.2 Å². The van der Waals surface area contributed by atoms with Gasteiger partial charge >= 0.3 is 34.6 Å². The van der Waals surface area contributed by atoms with Gasteiger partial charge in [0.2, 0.25) is 0 Å². The molecule has 0 fully saturated rings. The highest BCUT2D eigenvalue weighted by Gasteiger charge is 2.46. The Morgan fingerprint density at radius 1 is 0.421 bits per heavy atom. The number of aryl methyl sites for hydroxylation is 3. The monoisotopic (exact) mass is 602 g/mol. The van der Waals surface area contributed by atoms with Crippen molar-refractivity contribution in [2.75, 3.05) is 0 Å². The zero-order chi connectivity index (χ0) is 28.2. The maximum atomic E-state index is 18.2. The van der Waals surface area contributed by atoms with Crippen LogP contribution in [0.25, 0.3) is 0 Å². The van der Waals surface area contributed by atoms with Crippen molar-refractivity contribution in [2.45, 2.75) is 57.0 Å². The molecule has 0 heterocycles. The van der Waals surface area contributed by atoms with E-state index in [1.165, 1.54) is 0 Å². The van der Waals surface area contributed by atoms with Gasteiger partial charge in [-0.2, -0.15) is 0 Å². The van der Waals surface area contributed by atoms with Crippen LogP contribution >= 0.6 is 0 Å². The molecule has 206 valence electrons. The van der Waals surface area contributed by atoms with E-state index in [1.807, 2.05) is 0 Å². The van der Waals surface area contributed by atoms with E-state index >= 15 is 4.11 Å². The largest absolute Gasteiger partial charge is 0.422 e. The normalized spacial score (nSPS) is 13.1. The smallest absolute Gasteiger partial charge is 0.296 e. The molecule has 0 bridgehead atoms. The highest BCUT2D eigenvalue weighted by Crippen LogP contribution is 2.24. The first-order valence-electron chi connectivity index (χ1n) is 12.7. The van der Waals surface area contributed by atoms with Gasteiger partial charge in [-0.25, -0.2) is 0 Å². The fraction of sp³-hybridized carbons (Fsp3) is 0.333. The predicted octanol–water partition coefficient (Wildman–Crippen LogP) is 7.28. The minimum absolute atomic E-state index is 0.0191. The number of rotatable bonds is 12. The van der Waals surface area contributed by atoms with Crippen molar-refractivity contribution in [3.05, 3.63) is 89.5 Å². The van der Waals surface area contributed by atoms with Gasteiger partial charge in [0.15, 0.2) is 0 Å². The summed E-state index contributed by atoms with van der Waals surface area (Å²) in [5.41, 5.74) is 1.35. The van der Waals surface area contributed by atoms with Gasteiger partial charge < -0.3 is 0 Å². The first kappa shape index (κ1) is 30.6. The molecule has 0 aliphatic heterocycles. The second-order valence-corrected chi connectivity index (χ2v) is 21.2. The molecule has 0 nitrogen and oxygen atoms in total. The average molecular weight is 603 g/mol. The Balaban J connectivity index is 2.27. The Kier molecular flexibility index (Phi) is 9.70. The van der Waals surface area contributed by atoms with Crippen molar-refractivity contribution in [1.29, 1.82) is 0 Å². The van der Waals surface area contributed by atoms with Gasteiger partial charge in [-0.1, -0.05) is 72.8 Å². The van der Waals surface area contributed by atoms with E-state index in [9.17, 15) is 24.6 Å². The van der Waals surface area contributed by atoms with Crippen LogP contribution < -0.4 is 15.6 Å². The highest BCUT2D eigenvalue weighted by atomic mass is 28.4. The highest BCUT2D eigenvalue weighted by molar-refractivity contribution is 7.07. The molecule has 3 aromatic rings. The van der Waals surface area contributed by atoms with E-state index in [-0.39, 0.29) is 53.0 Å². The lowest BCUT2D eigenvalue weighted by molar-refractivity contribution is 0.603. The van der Waals surface area contributed by atoms with Crippen molar-refractivity contribution >= 4 is 50.2 Å². The summed E-state index contributed by atoms with van der Waals surface area (Å²) in [6.07, 6.45) is -0.0572. The molecule has 0 radical (unpaired) electrons. The SMILES string of the molecule is C[Si](F)(F)CCc1ccccc1[Si](F)(c1ccccc1CC[Si](C)(F)F)c1ccccc1CC[Si](C)(F)F. The molecule has 38 heavy (non-hydrogen) atoms. The van der Waals surface area contributed by atoms with Gasteiger partial charge in [0.05, 0.1) is 0 Å². The molecule has 0 amide bonds. The van der Waals surface area contributed by atoms with E-state index in [2.05, 4.69) is 0 Å². The maximum Gasteiger partial charge on any atom is 0.422 e. The third-order valence-electron chi connectivity index (χ3n) is 6.67. The van der Waals surface area contributed by atoms with Gasteiger partial charge in [0.1, 0.15) is 0 Å². The Hall–Kier alpha value is -1.96. The second kappa shape index (κ2) is 12.1. The number of benzene rings is 3. The van der Waals surface area contributed by atoms with E-state index in [0.717, 1.165) is 19.6 Å². The van der Waals surface area contributed by atoms with Crippen molar-refractivity contribution in [3.63, 3.8) is 0 Å². The summed E-state index contributed by atoms with van der Waals surface area (Å²) in [6, 6.07) is 18.6. The average Bonchev–Trinajstić information content (AvgIpc) is 2.84. The lowest BCUT2D eigenvalue weighted by Crippen LogP contribution is -2.66. The van der Waals surface area contributed by atoms with Crippen molar-refractivity contribution < 1.29 is 28.8 Å². The molecule has 0 atom stereocenters. The van der Waals surface area contributed by atoms with Crippen molar-refractivity contribution in [2.24, 2.45) is 0 Å². The lowest BCUT2D eigenvalue weighted by atomic mass is 10.1. The molecule has 0 aliphatic rings. The molecule has 0 N–H and O–H groups in total. The summed E-state index contributed by atoms with van der Waals surface area (Å²) in [6.45, 7) is 2.85. The molecule has 0 spiro atoms.